The topological polar surface area (TPSA) is 59.1 Å². The minimum atomic E-state index is -4.23. The molecule has 3 rings (SSSR count). The number of rotatable bonds is 3. The van der Waals surface area contributed by atoms with Crippen LogP contribution in [-0.4, -0.2) is 13.4 Å². The van der Waals surface area contributed by atoms with E-state index in [9.17, 15) is 17.2 Å². The highest BCUT2D eigenvalue weighted by atomic mass is 32.2. The Balaban J connectivity index is 2.00. The van der Waals surface area contributed by atoms with E-state index in [2.05, 4.69) is 9.71 Å². The predicted octanol–water partition coefficient (Wildman–Crippen LogP) is 3.62. The van der Waals surface area contributed by atoms with Gasteiger partial charge in [-0.1, -0.05) is 6.07 Å². The lowest BCUT2D eigenvalue weighted by molar-refractivity contribution is 0.555. The molecule has 0 saturated heterocycles. The monoisotopic (exact) mass is 334 g/mol. The van der Waals surface area contributed by atoms with Crippen LogP contribution in [0.2, 0.25) is 0 Å². The van der Waals surface area contributed by atoms with Crippen LogP contribution in [0.1, 0.15) is 5.69 Å². The number of hydrogen-bond donors (Lipinski definition) is 1. The first-order valence-electron chi connectivity index (χ1n) is 6.70. The number of anilines is 1. The van der Waals surface area contributed by atoms with Gasteiger partial charge in [-0.25, -0.2) is 17.2 Å². The Hall–Kier alpha value is -2.54. The first-order valence-corrected chi connectivity index (χ1v) is 8.19. The lowest BCUT2D eigenvalue weighted by Gasteiger charge is -2.10. The van der Waals surface area contributed by atoms with Crippen LogP contribution in [0, 0.1) is 18.6 Å². The Morgan fingerprint density at radius 1 is 1.00 bits per heavy atom. The maximum absolute atomic E-state index is 13.7. The molecule has 0 aliphatic heterocycles. The molecule has 3 aromatic rings. The summed E-state index contributed by atoms with van der Waals surface area (Å²) in [7, 11) is -4.23. The zero-order valence-electron chi connectivity index (χ0n) is 12.0. The highest BCUT2D eigenvalue weighted by Gasteiger charge is 2.20. The summed E-state index contributed by atoms with van der Waals surface area (Å²) in [5, 5.41) is 0.732. The second kappa shape index (κ2) is 5.58. The molecule has 1 aromatic heterocycles. The van der Waals surface area contributed by atoms with Crippen LogP contribution in [0.5, 0.6) is 0 Å². The highest BCUT2D eigenvalue weighted by Crippen LogP contribution is 2.23. The third-order valence-corrected chi connectivity index (χ3v) is 4.66. The van der Waals surface area contributed by atoms with Crippen LogP contribution in [0.4, 0.5) is 14.5 Å². The smallest absolute Gasteiger partial charge is 0.264 e. The van der Waals surface area contributed by atoms with E-state index in [0.29, 0.717) is 11.6 Å². The van der Waals surface area contributed by atoms with Gasteiger partial charge in [0.25, 0.3) is 10.0 Å². The number of aromatic nitrogens is 1. The summed E-state index contributed by atoms with van der Waals surface area (Å²) < 4.78 is 53.6. The number of halogens is 2. The summed E-state index contributed by atoms with van der Waals surface area (Å²) in [4.78, 5) is 3.57. The number of hydrogen-bond acceptors (Lipinski definition) is 3. The van der Waals surface area contributed by atoms with E-state index < -0.39 is 26.6 Å². The molecule has 7 heteroatoms. The van der Waals surface area contributed by atoms with E-state index in [0.717, 1.165) is 23.2 Å². The second-order valence-electron chi connectivity index (χ2n) is 5.04. The highest BCUT2D eigenvalue weighted by molar-refractivity contribution is 7.92. The first kappa shape index (κ1) is 15.4. The third kappa shape index (κ3) is 3.14. The SMILES string of the molecule is Cc1ccc2cc(NS(=O)(=O)c3cc(F)ccc3F)ccc2n1. The molecule has 4 nitrogen and oxygen atoms in total. The van der Waals surface area contributed by atoms with Gasteiger partial charge in [0.15, 0.2) is 0 Å². The summed E-state index contributed by atoms with van der Waals surface area (Å²) in [6.45, 7) is 1.85. The summed E-state index contributed by atoms with van der Waals surface area (Å²) in [5.74, 6) is -1.85. The molecular formula is C16H12F2N2O2S. The van der Waals surface area contributed by atoms with Crippen molar-refractivity contribution in [1.82, 2.24) is 4.98 Å². The lowest BCUT2D eigenvalue weighted by Crippen LogP contribution is -2.14. The second-order valence-corrected chi connectivity index (χ2v) is 6.69. The van der Waals surface area contributed by atoms with Crippen LogP contribution in [0.3, 0.4) is 0 Å². The molecule has 0 fully saturated rings. The largest absolute Gasteiger partial charge is 0.280 e. The average molecular weight is 334 g/mol. The lowest BCUT2D eigenvalue weighted by atomic mass is 10.2. The Kier molecular flexibility index (Phi) is 3.73. The van der Waals surface area contributed by atoms with Crippen molar-refractivity contribution in [3.63, 3.8) is 0 Å². The minimum Gasteiger partial charge on any atom is -0.280 e. The standard InChI is InChI=1S/C16H12F2N2O2S/c1-10-2-3-11-8-13(5-7-15(11)19-10)20-23(21,22)16-9-12(17)4-6-14(16)18/h2-9,20H,1H3. The van der Waals surface area contributed by atoms with Crippen LogP contribution < -0.4 is 4.72 Å². The van der Waals surface area contributed by atoms with Crippen molar-refractivity contribution in [2.75, 3.05) is 4.72 Å². The molecule has 0 aliphatic carbocycles. The Labute approximate surface area is 131 Å². The Bertz CT molecular complexity index is 1000. The molecule has 23 heavy (non-hydrogen) atoms. The summed E-state index contributed by atoms with van der Waals surface area (Å²) in [6, 6.07) is 10.6. The van der Waals surface area contributed by atoms with Crippen LogP contribution in [0.15, 0.2) is 53.4 Å². The average Bonchev–Trinajstić information content (AvgIpc) is 2.49. The summed E-state index contributed by atoms with van der Waals surface area (Å²) >= 11 is 0. The molecule has 2 aromatic carbocycles. The van der Waals surface area contributed by atoms with Gasteiger partial charge in [0.05, 0.1) is 5.52 Å². The number of nitrogens with one attached hydrogen (secondary N) is 1. The van der Waals surface area contributed by atoms with Gasteiger partial charge in [0.1, 0.15) is 16.5 Å². The Morgan fingerprint density at radius 3 is 2.57 bits per heavy atom. The molecule has 0 saturated carbocycles. The van der Waals surface area contributed by atoms with E-state index in [1.165, 1.54) is 6.07 Å². The maximum atomic E-state index is 13.7. The Morgan fingerprint density at radius 2 is 1.78 bits per heavy atom. The van der Waals surface area contributed by atoms with Gasteiger partial charge in [0.2, 0.25) is 0 Å². The first-order chi connectivity index (χ1) is 10.8. The molecule has 0 spiro atoms. The van der Waals surface area contributed by atoms with Crippen molar-refractivity contribution in [3.8, 4) is 0 Å². The fraction of sp³-hybridized carbons (Fsp3) is 0.0625. The van der Waals surface area contributed by atoms with E-state index in [-0.39, 0.29) is 5.69 Å². The van der Waals surface area contributed by atoms with Gasteiger partial charge >= 0.3 is 0 Å². The van der Waals surface area contributed by atoms with Crippen molar-refractivity contribution in [1.29, 1.82) is 0 Å². The number of fused-ring (bicyclic) bond motifs is 1. The summed E-state index contributed by atoms with van der Waals surface area (Å²) in [6.07, 6.45) is 0. The predicted molar refractivity (Wildman–Crippen MR) is 83.6 cm³/mol. The van der Waals surface area contributed by atoms with Gasteiger partial charge in [-0.05, 0) is 49.4 Å². The fourth-order valence-electron chi connectivity index (χ4n) is 2.18. The van der Waals surface area contributed by atoms with Crippen molar-refractivity contribution >= 4 is 26.6 Å². The summed E-state index contributed by atoms with van der Waals surface area (Å²) in [5.41, 5.74) is 1.80. The minimum absolute atomic E-state index is 0.242. The number of nitrogens with zero attached hydrogens (tertiary/aromatic N) is 1. The van der Waals surface area contributed by atoms with E-state index in [1.54, 1.807) is 24.3 Å². The van der Waals surface area contributed by atoms with E-state index >= 15 is 0 Å². The van der Waals surface area contributed by atoms with Crippen molar-refractivity contribution < 1.29 is 17.2 Å². The van der Waals surface area contributed by atoms with Crippen molar-refractivity contribution in [3.05, 3.63) is 65.9 Å². The molecule has 0 bridgehead atoms. The van der Waals surface area contributed by atoms with Gasteiger partial charge in [0, 0.05) is 16.8 Å². The van der Waals surface area contributed by atoms with Crippen LogP contribution >= 0.6 is 0 Å². The van der Waals surface area contributed by atoms with E-state index in [1.807, 2.05) is 6.92 Å². The van der Waals surface area contributed by atoms with Crippen LogP contribution in [-0.2, 0) is 10.0 Å². The molecule has 0 amide bonds. The number of aryl methyl sites for hydroxylation is 1. The van der Waals surface area contributed by atoms with Gasteiger partial charge in [-0.2, -0.15) is 0 Å². The molecule has 1 heterocycles. The zero-order chi connectivity index (χ0) is 16.6. The van der Waals surface area contributed by atoms with Gasteiger partial charge in [-0.15, -0.1) is 0 Å². The van der Waals surface area contributed by atoms with Crippen molar-refractivity contribution in [2.24, 2.45) is 0 Å². The maximum Gasteiger partial charge on any atom is 0.264 e. The fourth-order valence-corrected chi connectivity index (χ4v) is 3.32. The van der Waals surface area contributed by atoms with E-state index in [4.69, 9.17) is 0 Å². The zero-order valence-corrected chi connectivity index (χ0v) is 12.9. The van der Waals surface area contributed by atoms with Gasteiger partial charge in [-0.3, -0.25) is 9.71 Å². The number of benzene rings is 2. The molecule has 0 aliphatic rings. The molecule has 1 N–H and O–H groups in total. The molecule has 0 atom stereocenters. The quantitative estimate of drug-likeness (QED) is 0.796. The van der Waals surface area contributed by atoms with Crippen LogP contribution in [0.25, 0.3) is 10.9 Å². The third-order valence-electron chi connectivity index (χ3n) is 3.26. The normalized spacial score (nSPS) is 11.6. The number of sulfonamides is 1. The molecule has 0 unspecified atom stereocenters. The molecule has 118 valence electrons. The van der Waals surface area contributed by atoms with Gasteiger partial charge < -0.3 is 0 Å². The van der Waals surface area contributed by atoms with Crippen molar-refractivity contribution in [2.45, 2.75) is 11.8 Å². The molecule has 0 radical (unpaired) electrons. The number of pyridine rings is 1. The molecular weight excluding hydrogens is 322 g/mol.